The number of fused-ring (bicyclic) bond motifs is 1. The van der Waals surface area contributed by atoms with Crippen molar-refractivity contribution >= 4 is 17.3 Å². The van der Waals surface area contributed by atoms with Gasteiger partial charge in [0.05, 0.1) is 6.61 Å². The zero-order valence-corrected chi connectivity index (χ0v) is 15.7. The van der Waals surface area contributed by atoms with Crippen molar-refractivity contribution in [2.45, 2.75) is 19.4 Å². The second-order valence-electron chi connectivity index (χ2n) is 6.77. The molecule has 0 fully saturated rings. The van der Waals surface area contributed by atoms with Crippen LogP contribution in [0.5, 0.6) is 0 Å². The summed E-state index contributed by atoms with van der Waals surface area (Å²) < 4.78 is 5.16. The molecule has 2 aromatic carbocycles. The normalized spacial score (nSPS) is 15.6. The number of aromatic nitrogens is 2. The molecule has 138 valence electrons. The quantitative estimate of drug-likeness (QED) is 0.665. The van der Waals surface area contributed by atoms with Gasteiger partial charge in [-0.25, -0.2) is 9.97 Å². The maximum atomic E-state index is 5.16. The van der Waals surface area contributed by atoms with E-state index < -0.39 is 0 Å². The van der Waals surface area contributed by atoms with E-state index in [1.807, 2.05) is 36.4 Å². The van der Waals surface area contributed by atoms with Gasteiger partial charge in [-0.1, -0.05) is 48.5 Å². The van der Waals surface area contributed by atoms with Crippen molar-refractivity contribution in [3.05, 3.63) is 66.2 Å². The zero-order valence-electron chi connectivity index (χ0n) is 15.7. The van der Waals surface area contributed by atoms with E-state index >= 15 is 0 Å². The molecular weight excluding hydrogens is 336 g/mol. The number of benzene rings is 2. The Balaban J connectivity index is 1.76. The van der Waals surface area contributed by atoms with Crippen LogP contribution in [0, 0.1) is 0 Å². The molecule has 1 atom stereocenters. The third-order valence-electron chi connectivity index (χ3n) is 4.81. The Labute approximate surface area is 160 Å². The lowest BCUT2D eigenvalue weighted by atomic mass is 10.1. The zero-order chi connectivity index (χ0) is 18.6. The number of hydrogen-bond acceptors (Lipinski definition) is 5. The number of nitrogens with one attached hydrogen (secondary N) is 1. The number of anilines is 3. The van der Waals surface area contributed by atoms with E-state index in [0.29, 0.717) is 19.2 Å². The molecule has 1 aromatic heterocycles. The van der Waals surface area contributed by atoms with E-state index in [9.17, 15) is 0 Å². The van der Waals surface area contributed by atoms with Crippen LogP contribution in [-0.4, -0.2) is 36.3 Å². The van der Waals surface area contributed by atoms with Gasteiger partial charge in [0, 0.05) is 37.0 Å². The van der Waals surface area contributed by atoms with Gasteiger partial charge in [-0.3, -0.25) is 0 Å². The van der Waals surface area contributed by atoms with E-state index in [1.54, 1.807) is 7.11 Å². The van der Waals surface area contributed by atoms with Crippen molar-refractivity contribution in [3.8, 4) is 11.4 Å². The van der Waals surface area contributed by atoms with Crippen molar-refractivity contribution < 1.29 is 4.74 Å². The van der Waals surface area contributed by atoms with Gasteiger partial charge in [-0.15, -0.1) is 0 Å². The van der Waals surface area contributed by atoms with Gasteiger partial charge in [-0.05, 0) is 25.0 Å². The van der Waals surface area contributed by atoms with Crippen LogP contribution >= 0.6 is 0 Å². The third-order valence-corrected chi connectivity index (χ3v) is 4.81. The summed E-state index contributed by atoms with van der Waals surface area (Å²) in [5.41, 5.74) is 3.60. The van der Waals surface area contributed by atoms with Gasteiger partial charge in [-0.2, -0.15) is 0 Å². The second kappa shape index (κ2) is 7.76. The summed E-state index contributed by atoms with van der Waals surface area (Å²) in [6.45, 7) is 3.57. The largest absolute Gasteiger partial charge is 0.383 e. The van der Waals surface area contributed by atoms with Crippen molar-refractivity contribution in [3.63, 3.8) is 0 Å². The first-order valence-electron chi connectivity index (χ1n) is 9.30. The molecule has 4 rings (SSSR count). The fraction of sp³-hybridized carbons (Fsp3) is 0.273. The van der Waals surface area contributed by atoms with Crippen molar-refractivity contribution in [1.82, 2.24) is 9.97 Å². The minimum atomic E-state index is 0.354. The van der Waals surface area contributed by atoms with Crippen LogP contribution in [0.1, 0.15) is 12.5 Å². The lowest BCUT2D eigenvalue weighted by molar-refractivity contribution is 0.210. The molecule has 0 bridgehead atoms. The van der Waals surface area contributed by atoms with Gasteiger partial charge in [0.2, 0.25) is 0 Å². The molecule has 5 heteroatoms. The van der Waals surface area contributed by atoms with E-state index in [4.69, 9.17) is 14.7 Å². The van der Waals surface area contributed by atoms with E-state index in [1.165, 1.54) is 11.3 Å². The Bertz CT molecular complexity index is 913. The minimum absolute atomic E-state index is 0.354. The highest BCUT2D eigenvalue weighted by molar-refractivity contribution is 5.72. The second-order valence-corrected chi connectivity index (χ2v) is 6.77. The van der Waals surface area contributed by atoms with Crippen LogP contribution in [0.15, 0.2) is 60.7 Å². The Morgan fingerprint density at radius 2 is 1.85 bits per heavy atom. The van der Waals surface area contributed by atoms with Crippen LogP contribution in [0.2, 0.25) is 0 Å². The topological polar surface area (TPSA) is 50.3 Å². The molecule has 3 aromatic rings. The summed E-state index contributed by atoms with van der Waals surface area (Å²) in [6, 6.07) is 21.0. The fourth-order valence-electron chi connectivity index (χ4n) is 3.56. The lowest BCUT2D eigenvalue weighted by Gasteiger charge is -2.25. The summed E-state index contributed by atoms with van der Waals surface area (Å²) in [7, 11) is 1.70. The smallest absolute Gasteiger partial charge is 0.163 e. The van der Waals surface area contributed by atoms with E-state index in [-0.39, 0.29) is 0 Å². The summed E-state index contributed by atoms with van der Waals surface area (Å²) >= 11 is 0. The fourth-order valence-corrected chi connectivity index (χ4v) is 3.56. The number of rotatable bonds is 6. The minimum Gasteiger partial charge on any atom is -0.383 e. The first-order valence-corrected chi connectivity index (χ1v) is 9.30. The summed E-state index contributed by atoms with van der Waals surface area (Å²) in [5.74, 6) is 2.46. The average Bonchev–Trinajstić information content (AvgIpc) is 3.04. The SMILES string of the molecule is COCCNc1cc(N2c3ccccc3CC2C)nc(-c2ccccc2)n1. The summed E-state index contributed by atoms with van der Waals surface area (Å²) in [4.78, 5) is 11.9. The van der Waals surface area contributed by atoms with Gasteiger partial charge in [0.1, 0.15) is 11.6 Å². The van der Waals surface area contributed by atoms with Gasteiger partial charge < -0.3 is 15.0 Å². The molecule has 0 spiro atoms. The predicted molar refractivity (Wildman–Crippen MR) is 110 cm³/mol. The molecule has 1 aliphatic rings. The van der Waals surface area contributed by atoms with Crippen molar-refractivity contribution in [2.24, 2.45) is 0 Å². The Kier molecular flexibility index (Phi) is 5.03. The standard InChI is InChI=1S/C22H24N4O/c1-16-14-18-10-6-7-11-19(18)26(16)21-15-20(23-12-13-27-2)24-22(25-21)17-8-4-3-5-9-17/h3-11,15-16H,12-14H2,1-2H3,(H,23,24,25). The summed E-state index contributed by atoms with van der Waals surface area (Å²) in [6.07, 6.45) is 1.02. The molecule has 2 heterocycles. The van der Waals surface area contributed by atoms with Crippen molar-refractivity contribution in [1.29, 1.82) is 0 Å². The lowest BCUT2D eigenvalue weighted by Crippen LogP contribution is -2.25. The highest BCUT2D eigenvalue weighted by Gasteiger charge is 2.28. The molecule has 0 saturated carbocycles. The molecule has 5 nitrogen and oxygen atoms in total. The van der Waals surface area contributed by atoms with Crippen LogP contribution in [0.3, 0.4) is 0 Å². The Morgan fingerprint density at radius 3 is 2.67 bits per heavy atom. The summed E-state index contributed by atoms with van der Waals surface area (Å²) in [5, 5.41) is 3.36. The molecule has 0 saturated heterocycles. The van der Waals surface area contributed by atoms with E-state index in [2.05, 4.69) is 41.4 Å². The molecule has 0 amide bonds. The van der Waals surface area contributed by atoms with Crippen LogP contribution in [-0.2, 0) is 11.2 Å². The number of methoxy groups -OCH3 is 1. The predicted octanol–water partition coefficient (Wildman–Crippen LogP) is 4.28. The Morgan fingerprint density at radius 1 is 1.07 bits per heavy atom. The van der Waals surface area contributed by atoms with Crippen molar-refractivity contribution in [2.75, 3.05) is 30.5 Å². The molecular formula is C22H24N4O. The molecule has 1 aliphatic heterocycles. The average molecular weight is 360 g/mol. The van der Waals surface area contributed by atoms with Crippen LogP contribution < -0.4 is 10.2 Å². The molecule has 1 N–H and O–H groups in total. The third kappa shape index (κ3) is 3.64. The van der Waals surface area contributed by atoms with E-state index in [0.717, 1.165) is 29.4 Å². The number of nitrogens with zero attached hydrogens (tertiary/aromatic N) is 3. The highest BCUT2D eigenvalue weighted by atomic mass is 16.5. The number of para-hydroxylation sites is 1. The molecule has 1 unspecified atom stereocenters. The molecule has 0 radical (unpaired) electrons. The first-order chi connectivity index (χ1) is 13.3. The van der Waals surface area contributed by atoms with Crippen LogP contribution in [0.4, 0.5) is 17.3 Å². The Hall–Kier alpha value is -2.92. The number of hydrogen-bond donors (Lipinski definition) is 1. The molecule has 0 aliphatic carbocycles. The maximum Gasteiger partial charge on any atom is 0.163 e. The number of ether oxygens (including phenoxy) is 1. The van der Waals surface area contributed by atoms with Gasteiger partial charge in [0.25, 0.3) is 0 Å². The van der Waals surface area contributed by atoms with Crippen LogP contribution in [0.25, 0.3) is 11.4 Å². The van der Waals surface area contributed by atoms with Gasteiger partial charge >= 0.3 is 0 Å². The first kappa shape index (κ1) is 17.5. The highest BCUT2D eigenvalue weighted by Crippen LogP contribution is 2.38. The molecule has 27 heavy (non-hydrogen) atoms. The van der Waals surface area contributed by atoms with Gasteiger partial charge in [0.15, 0.2) is 5.82 Å². The monoisotopic (exact) mass is 360 g/mol. The maximum absolute atomic E-state index is 5.16.